The van der Waals surface area contributed by atoms with Gasteiger partial charge in [-0.25, -0.2) is 0 Å². The molecule has 4 nitrogen and oxygen atoms in total. The van der Waals surface area contributed by atoms with Crippen molar-refractivity contribution in [2.45, 2.75) is 37.3 Å². The van der Waals surface area contributed by atoms with Crippen LogP contribution in [0.1, 0.15) is 25.3 Å². The normalized spacial score (nSPS) is 42.2. The molecule has 1 spiro atoms. The second-order valence-corrected chi connectivity index (χ2v) is 7.87. The summed E-state index contributed by atoms with van der Waals surface area (Å²) in [4.78, 5) is 15.7. The van der Waals surface area contributed by atoms with Gasteiger partial charge in [0.05, 0.1) is 18.1 Å². The predicted octanol–water partition coefficient (Wildman–Crippen LogP) is 2.56. The van der Waals surface area contributed by atoms with Gasteiger partial charge < -0.3 is 15.0 Å². The lowest BCUT2D eigenvalue weighted by atomic mass is 9.57. The second kappa shape index (κ2) is 4.85. The number of ketones is 1. The largest absolute Gasteiger partial charge is 0.380 e. The molecule has 1 unspecified atom stereocenters. The van der Waals surface area contributed by atoms with Gasteiger partial charge in [0.15, 0.2) is 0 Å². The van der Waals surface area contributed by atoms with E-state index in [1.54, 1.807) is 0 Å². The van der Waals surface area contributed by atoms with Crippen LogP contribution in [0, 0.1) is 11.8 Å². The molecule has 1 saturated carbocycles. The van der Waals surface area contributed by atoms with Gasteiger partial charge in [-0.1, -0.05) is 18.2 Å². The Morgan fingerprint density at radius 1 is 1.33 bits per heavy atom. The van der Waals surface area contributed by atoms with Gasteiger partial charge in [-0.2, -0.15) is 0 Å². The summed E-state index contributed by atoms with van der Waals surface area (Å²) in [6, 6.07) is 8.55. The molecule has 1 aromatic rings. The van der Waals surface area contributed by atoms with E-state index in [4.69, 9.17) is 4.74 Å². The van der Waals surface area contributed by atoms with Crippen LogP contribution in [0.25, 0.3) is 0 Å². The zero-order valence-corrected chi connectivity index (χ0v) is 14.3. The van der Waals surface area contributed by atoms with E-state index in [2.05, 4.69) is 54.7 Å². The van der Waals surface area contributed by atoms with Crippen molar-refractivity contribution in [2.75, 3.05) is 25.5 Å². The van der Waals surface area contributed by atoms with Crippen LogP contribution in [0.15, 0.2) is 36.0 Å². The number of nitrogens with zero attached hydrogens (tertiary/aromatic N) is 1. The summed E-state index contributed by atoms with van der Waals surface area (Å²) in [6.07, 6.45) is 3.89. The minimum absolute atomic E-state index is 0.107. The number of benzene rings is 1. The Morgan fingerprint density at radius 2 is 2.17 bits per heavy atom. The Hall–Kier alpha value is -1.81. The van der Waals surface area contributed by atoms with Crippen LogP contribution in [-0.4, -0.2) is 43.0 Å². The minimum Gasteiger partial charge on any atom is -0.380 e. The molecule has 0 amide bonds. The molecule has 2 bridgehead atoms. The van der Waals surface area contributed by atoms with E-state index in [1.807, 2.05) is 0 Å². The van der Waals surface area contributed by atoms with E-state index >= 15 is 0 Å². The Kier molecular flexibility index (Phi) is 2.94. The van der Waals surface area contributed by atoms with Gasteiger partial charge in [-0.3, -0.25) is 4.79 Å². The Morgan fingerprint density at radius 3 is 3.04 bits per heavy atom. The van der Waals surface area contributed by atoms with Gasteiger partial charge in [0.1, 0.15) is 5.78 Å². The fraction of sp³-hybridized carbons (Fsp3) is 0.550. The van der Waals surface area contributed by atoms with E-state index < -0.39 is 0 Å². The van der Waals surface area contributed by atoms with Gasteiger partial charge in [0.25, 0.3) is 0 Å². The highest BCUT2D eigenvalue weighted by atomic mass is 16.5. The summed E-state index contributed by atoms with van der Waals surface area (Å²) in [5.74, 6) is 1.09. The summed E-state index contributed by atoms with van der Waals surface area (Å²) in [5, 5.41) is 3.72. The van der Waals surface area contributed by atoms with Crippen LogP contribution in [0.4, 0.5) is 5.69 Å². The summed E-state index contributed by atoms with van der Waals surface area (Å²) in [5.41, 5.74) is 3.26. The third-order valence-corrected chi connectivity index (χ3v) is 6.76. The van der Waals surface area contributed by atoms with Gasteiger partial charge in [-0.15, -0.1) is 0 Å². The minimum atomic E-state index is -0.390. The van der Waals surface area contributed by atoms with Gasteiger partial charge >= 0.3 is 0 Å². The Balaban J connectivity index is 1.72. The number of anilines is 1. The number of nitrogens with one attached hydrogen (secondary N) is 1. The Labute approximate surface area is 142 Å². The average molecular weight is 324 g/mol. The van der Waals surface area contributed by atoms with Gasteiger partial charge in [0.2, 0.25) is 0 Å². The molecule has 3 aliphatic heterocycles. The lowest BCUT2D eigenvalue weighted by molar-refractivity contribution is -0.133. The van der Waals surface area contributed by atoms with Crippen molar-refractivity contribution >= 4 is 11.5 Å². The average Bonchev–Trinajstić information content (AvgIpc) is 2.94. The molecule has 4 heteroatoms. The molecule has 5 rings (SSSR count). The highest BCUT2D eigenvalue weighted by Gasteiger charge is 2.61. The van der Waals surface area contributed by atoms with Crippen LogP contribution in [0.5, 0.6) is 0 Å². The molecule has 24 heavy (non-hydrogen) atoms. The molecule has 4 aliphatic rings. The molecular weight excluding hydrogens is 300 g/mol. The van der Waals surface area contributed by atoms with Crippen LogP contribution in [0.3, 0.4) is 0 Å². The van der Waals surface area contributed by atoms with Crippen molar-refractivity contribution in [3.63, 3.8) is 0 Å². The van der Waals surface area contributed by atoms with Gasteiger partial charge in [-0.05, 0) is 36.5 Å². The number of hydrogen-bond donors (Lipinski definition) is 1. The highest BCUT2D eigenvalue weighted by molar-refractivity contribution is 5.97. The summed E-state index contributed by atoms with van der Waals surface area (Å²) in [7, 11) is 2.12. The molecule has 2 fully saturated rings. The van der Waals surface area contributed by atoms with E-state index in [-0.39, 0.29) is 17.6 Å². The fourth-order valence-electron chi connectivity index (χ4n) is 5.55. The number of Topliss-reactive ketones (excluding diaryl/α,β-unsaturated/α-hetero) is 1. The first-order valence-electron chi connectivity index (χ1n) is 9.04. The Bertz CT molecular complexity index is 743. The molecule has 1 N–H and O–H groups in total. The van der Waals surface area contributed by atoms with Crippen LogP contribution in [0.2, 0.25) is 0 Å². The smallest absolute Gasteiger partial charge is 0.146 e. The van der Waals surface area contributed by atoms with E-state index in [0.29, 0.717) is 24.0 Å². The standard InChI is InChI=1S/C20H24N2O2/c1-12-14-10-22(2)8-7-20-16-5-3-4-6-17(16)21-19(20)15(11-24-12)13(14)9-18(20)23/h3-6,10,12-13,15,19,21H,7-9,11H2,1-2H3/b14-10-/t12-,13+,15-,19+,20?/m1/s1. The predicted molar refractivity (Wildman–Crippen MR) is 92.9 cm³/mol. The number of ether oxygens (including phenoxy) is 1. The lowest BCUT2D eigenvalue weighted by Crippen LogP contribution is -2.59. The highest BCUT2D eigenvalue weighted by Crippen LogP contribution is 2.55. The first kappa shape index (κ1) is 14.5. The van der Waals surface area contributed by atoms with Crippen molar-refractivity contribution in [3.05, 3.63) is 41.6 Å². The van der Waals surface area contributed by atoms with Crippen molar-refractivity contribution in [3.8, 4) is 0 Å². The van der Waals surface area contributed by atoms with Crippen molar-refractivity contribution in [1.29, 1.82) is 0 Å². The zero-order chi connectivity index (χ0) is 16.5. The number of para-hydroxylation sites is 1. The first-order valence-corrected chi connectivity index (χ1v) is 9.04. The maximum Gasteiger partial charge on any atom is 0.146 e. The number of carbonyl (C=O) groups excluding carboxylic acids is 1. The third-order valence-electron chi connectivity index (χ3n) is 6.76. The fourth-order valence-corrected chi connectivity index (χ4v) is 5.55. The summed E-state index contributed by atoms with van der Waals surface area (Å²) in [6.45, 7) is 3.76. The molecule has 1 saturated heterocycles. The summed E-state index contributed by atoms with van der Waals surface area (Å²) < 4.78 is 6.13. The first-order chi connectivity index (χ1) is 11.6. The lowest BCUT2D eigenvalue weighted by Gasteiger charge is -2.49. The van der Waals surface area contributed by atoms with E-state index in [9.17, 15) is 4.79 Å². The maximum atomic E-state index is 13.5. The van der Waals surface area contributed by atoms with E-state index in [0.717, 1.165) is 25.3 Å². The topological polar surface area (TPSA) is 41.6 Å². The third kappa shape index (κ3) is 1.70. The molecular formula is C20H24N2O2. The number of carbonyl (C=O) groups is 1. The molecule has 126 valence electrons. The monoisotopic (exact) mass is 324 g/mol. The van der Waals surface area contributed by atoms with Gasteiger partial charge in [0, 0.05) is 43.9 Å². The zero-order valence-electron chi connectivity index (χ0n) is 14.3. The van der Waals surface area contributed by atoms with Crippen molar-refractivity contribution in [2.24, 2.45) is 11.8 Å². The molecule has 3 heterocycles. The number of hydrogen-bond acceptors (Lipinski definition) is 4. The SMILES string of the molecule is C[C@H]1OC[C@@H]2[C@H]3CC(=O)C4(CCN(C)/C=C/13)c1ccccc1N[C@@H]24. The number of rotatable bonds is 0. The maximum absolute atomic E-state index is 13.5. The second-order valence-electron chi connectivity index (χ2n) is 7.87. The number of fused-ring (bicyclic) bond motifs is 3. The molecule has 0 radical (unpaired) electrons. The van der Waals surface area contributed by atoms with E-state index in [1.165, 1.54) is 11.1 Å². The quantitative estimate of drug-likeness (QED) is 0.796. The van der Waals surface area contributed by atoms with Crippen molar-refractivity contribution in [1.82, 2.24) is 4.90 Å². The molecule has 1 aromatic carbocycles. The van der Waals surface area contributed by atoms with Crippen LogP contribution < -0.4 is 5.32 Å². The van der Waals surface area contributed by atoms with Crippen molar-refractivity contribution < 1.29 is 9.53 Å². The molecule has 1 aliphatic carbocycles. The van der Waals surface area contributed by atoms with Crippen LogP contribution >= 0.6 is 0 Å². The molecule has 5 atom stereocenters. The van der Waals surface area contributed by atoms with Crippen LogP contribution in [-0.2, 0) is 14.9 Å². The molecule has 0 aromatic heterocycles. The summed E-state index contributed by atoms with van der Waals surface area (Å²) >= 11 is 0.